The molecule has 0 saturated carbocycles. The van der Waals surface area contributed by atoms with Crippen LogP contribution in [-0.4, -0.2) is 21.7 Å². The fraction of sp³-hybridized carbons (Fsp3) is 0.583. The predicted molar refractivity (Wildman–Crippen MR) is 64.6 cm³/mol. The number of carbonyl (C=O) groups is 1. The average molecular weight is 237 g/mol. The Hall–Kier alpha value is -1.65. The first-order valence-corrected chi connectivity index (χ1v) is 5.54. The van der Waals surface area contributed by atoms with Gasteiger partial charge in [-0.05, 0) is 40.7 Å². The van der Waals surface area contributed by atoms with Crippen molar-refractivity contribution in [2.75, 3.05) is 0 Å². The van der Waals surface area contributed by atoms with Crippen molar-refractivity contribution in [1.29, 1.82) is 0 Å². The van der Waals surface area contributed by atoms with Crippen LogP contribution in [0.25, 0.3) is 0 Å². The van der Waals surface area contributed by atoms with Crippen LogP contribution < -0.4 is 5.32 Å². The average Bonchev–Trinajstić information content (AvgIpc) is 2.10. The van der Waals surface area contributed by atoms with Crippen molar-refractivity contribution in [2.45, 2.75) is 46.8 Å². The molecule has 17 heavy (non-hydrogen) atoms. The van der Waals surface area contributed by atoms with Crippen LogP contribution in [0.2, 0.25) is 0 Å². The van der Waals surface area contributed by atoms with Crippen LogP contribution in [0.4, 0.5) is 4.79 Å². The maximum absolute atomic E-state index is 11.4. The van der Waals surface area contributed by atoms with E-state index >= 15 is 0 Å². The Morgan fingerprint density at radius 2 is 1.82 bits per heavy atom. The Bertz CT molecular complexity index is 390. The van der Waals surface area contributed by atoms with Crippen molar-refractivity contribution < 1.29 is 9.53 Å². The fourth-order valence-corrected chi connectivity index (χ4v) is 1.34. The van der Waals surface area contributed by atoms with E-state index in [0.717, 1.165) is 11.4 Å². The lowest BCUT2D eigenvalue weighted by Crippen LogP contribution is -2.32. The van der Waals surface area contributed by atoms with Gasteiger partial charge in [0.2, 0.25) is 0 Å². The second kappa shape index (κ2) is 5.12. The van der Waals surface area contributed by atoms with Crippen molar-refractivity contribution in [3.8, 4) is 0 Å². The maximum Gasteiger partial charge on any atom is 0.408 e. The second-order valence-electron chi connectivity index (χ2n) is 4.92. The monoisotopic (exact) mass is 237 g/mol. The molecule has 1 N–H and O–H groups in total. The Morgan fingerprint density at radius 3 is 2.29 bits per heavy atom. The van der Waals surface area contributed by atoms with E-state index in [0.29, 0.717) is 5.82 Å². The number of rotatable bonds is 2. The number of nitrogens with zero attached hydrogens (tertiary/aromatic N) is 2. The van der Waals surface area contributed by atoms with E-state index in [1.165, 1.54) is 0 Å². The SMILES string of the molecule is Cc1cc(C)nc(CNC(=O)OC(C)(C)C)n1. The molecule has 1 aromatic rings. The molecule has 94 valence electrons. The van der Waals surface area contributed by atoms with Gasteiger partial charge in [-0.1, -0.05) is 0 Å². The zero-order chi connectivity index (χ0) is 13.1. The number of nitrogens with one attached hydrogen (secondary N) is 1. The lowest BCUT2D eigenvalue weighted by molar-refractivity contribution is 0.0522. The van der Waals surface area contributed by atoms with Gasteiger partial charge in [0.05, 0.1) is 6.54 Å². The van der Waals surface area contributed by atoms with Gasteiger partial charge in [-0.25, -0.2) is 14.8 Å². The second-order valence-corrected chi connectivity index (χ2v) is 4.92. The van der Waals surface area contributed by atoms with Crippen LogP contribution in [0.1, 0.15) is 38.0 Å². The van der Waals surface area contributed by atoms with E-state index in [9.17, 15) is 4.79 Å². The van der Waals surface area contributed by atoms with Crippen molar-refractivity contribution in [3.05, 3.63) is 23.3 Å². The highest BCUT2D eigenvalue weighted by molar-refractivity contribution is 5.67. The van der Waals surface area contributed by atoms with E-state index in [1.54, 1.807) is 0 Å². The molecule has 0 aromatic carbocycles. The van der Waals surface area contributed by atoms with Crippen molar-refractivity contribution >= 4 is 6.09 Å². The minimum absolute atomic E-state index is 0.275. The quantitative estimate of drug-likeness (QED) is 0.855. The summed E-state index contributed by atoms with van der Waals surface area (Å²) < 4.78 is 5.11. The van der Waals surface area contributed by atoms with Crippen LogP contribution in [-0.2, 0) is 11.3 Å². The highest BCUT2D eigenvalue weighted by Crippen LogP contribution is 2.06. The molecule has 1 rings (SSSR count). The Kier molecular flexibility index (Phi) is 4.04. The molecule has 0 radical (unpaired) electrons. The summed E-state index contributed by atoms with van der Waals surface area (Å²) in [7, 11) is 0. The van der Waals surface area contributed by atoms with E-state index in [1.807, 2.05) is 40.7 Å². The third-order valence-corrected chi connectivity index (χ3v) is 1.82. The molecule has 0 atom stereocenters. The van der Waals surface area contributed by atoms with Gasteiger partial charge in [-0.15, -0.1) is 0 Å². The first kappa shape index (κ1) is 13.4. The maximum atomic E-state index is 11.4. The molecule has 0 aliphatic carbocycles. The number of amides is 1. The van der Waals surface area contributed by atoms with Gasteiger partial charge in [-0.2, -0.15) is 0 Å². The summed E-state index contributed by atoms with van der Waals surface area (Å²) >= 11 is 0. The summed E-state index contributed by atoms with van der Waals surface area (Å²) in [4.78, 5) is 19.9. The molecule has 0 spiro atoms. The number of ether oxygens (including phenoxy) is 1. The lowest BCUT2D eigenvalue weighted by atomic mass is 10.2. The van der Waals surface area contributed by atoms with Crippen LogP contribution >= 0.6 is 0 Å². The van der Waals surface area contributed by atoms with Crippen LogP contribution in [0.15, 0.2) is 6.07 Å². The van der Waals surface area contributed by atoms with E-state index in [2.05, 4.69) is 15.3 Å². The minimum atomic E-state index is -0.493. The van der Waals surface area contributed by atoms with Gasteiger partial charge in [-0.3, -0.25) is 0 Å². The summed E-state index contributed by atoms with van der Waals surface area (Å²) in [6.45, 7) is 9.52. The van der Waals surface area contributed by atoms with Gasteiger partial charge in [0, 0.05) is 11.4 Å². The van der Waals surface area contributed by atoms with Gasteiger partial charge < -0.3 is 10.1 Å². The van der Waals surface area contributed by atoms with E-state index < -0.39 is 11.7 Å². The van der Waals surface area contributed by atoms with Crippen LogP contribution in [0.3, 0.4) is 0 Å². The topological polar surface area (TPSA) is 64.1 Å². The predicted octanol–water partition coefficient (Wildman–Crippen LogP) is 2.12. The van der Waals surface area contributed by atoms with Gasteiger partial charge >= 0.3 is 6.09 Å². The lowest BCUT2D eigenvalue weighted by Gasteiger charge is -2.19. The molecule has 5 nitrogen and oxygen atoms in total. The third kappa shape index (κ3) is 5.29. The zero-order valence-electron chi connectivity index (χ0n) is 11.0. The number of hydrogen-bond acceptors (Lipinski definition) is 4. The molecule has 5 heteroatoms. The van der Waals surface area contributed by atoms with E-state index in [4.69, 9.17) is 4.74 Å². The molecular weight excluding hydrogens is 218 g/mol. The minimum Gasteiger partial charge on any atom is -0.444 e. The third-order valence-electron chi connectivity index (χ3n) is 1.82. The largest absolute Gasteiger partial charge is 0.444 e. The fourth-order valence-electron chi connectivity index (χ4n) is 1.34. The summed E-state index contributed by atoms with van der Waals surface area (Å²) in [6.07, 6.45) is -0.458. The summed E-state index contributed by atoms with van der Waals surface area (Å²) in [6, 6.07) is 1.89. The molecule has 0 saturated heterocycles. The number of aromatic nitrogens is 2. The summed E-state index contributed by atoms with van der Waals surface area (Å²) in [5.41, 5.74) is 1.28. The first-order valence-electron chi connectivity index (χ1n) is 5.54. The molecule has 0 bridgehead atoms. The standard InChI is InChI=1S/C12H19N3O2/c1-8-6-9(2)15-10(14-8)7-13-11(16)17-12(3,4)5/h6H,7H2,1-5H3,(H,13,16). The first-order chi connectivity index (χ1) is 7.76. The van der Waals surface area contributed by atoms with Crippen molar-refractivity contribution in [1.82, 2.24) is 15.3 Å². The highest BCUT2D eigenvalue weighted by atomic mass is 16.6. The summed E-state index contributed by atoms with van der Waals surface area (Å²) in [5.74, 6) is 0.591. The highest BCUT2D eigenvalue weighted by Gasteiger charge is 2.15. The Labute approximate surface area is 102 Å². The Balaban J connectivity index is 2.53. The smallest absolute Gasteiger partial charge is 0.408 e. The molecule has 0 unspecified atom stereocenters. The van der Waals surface area contributed by atoms with Crippen molar-refractivity contribution in [2.24, 2.45) is 0 Å². The van der Waals surface area contributed by atoms with Crippen LogP contribution in [0, 0.1) is 13.8 Å². The molecule has 0 fully saturated rings. The Morgan fingerprint density at radius 1 is 1.29 bits per heavy atom. The molecular formula is C12H19N3O2. The number of alkyl carbamates (subject to hydrolysis) is 1. The number of carbonyl (C=O) groups excluding carboxylic acids is 1. The zero-order valence-corrected chi connectivity index (χ0v) is 11.0. The van der Waals surface area contributed by atoms with Gasteiger partial charge in [0.1, 0.15) is 11.4 Å². The molecule has 0 aliphatic heterocycles. The van der Waals surface area contributed by atoms with Crippen LogP contribution in [0.5, 0.6) is 0 Å². The molecule has 1 aromatic heterocycles. The van der Waals surface area contributed by atoms with Gasteiger partial charge in [0.15, 0.2) is 0 Å². The molecule has 1 amide bonds. The number of hydrogen-bond donors (Lipinski definition) is 1. The van der Waals surface area contributed by atoms with Gasteiger partial charge in [0.25, 0.3) is 0 Å². The summed E-state index contributed by atoms with van der Waals surface area (Å²) in [5, 5.41) is 2.62. The van der Waals surface area contributed by atoms with Crippen molar-refractivity contribution in [3.63, 3.8) is 0 Å². The molecule has 1 heterocycles. The molecule has 0 aliphatic rings. The number of aryl methyl sites for hydroxylation is 2. The normalized spacial score (nSPS) is 11.1. The van der Waals surface area contributed by atoms with E-state index in [-0.39, 0.29) is 6.54 Å².